The molecule has 0 aliphatic heterocycles. The van der Waals surface area contributed by atoms with Crippen molar-refractivity contribution in [1.29, 1.82) is 0 Å². The molecule has 3 rings (SSSR count). The second-order valence-electron chi connectivity index (χ2n) is 6.31. The minimum atomic E-state index is -0.248. The highest BCUT2D eigenvalue weighted by molar-refractivity contribution is 6.06. The van der Waals surface area contributed by atoms with Gasteiger partial charge in [0.25, 0.3) is 11.8 Å². The van der Waals surface area contributed by atoms with E-state index in [1.165, 1.54) is 0 Å². The van der Waals surface area contributed by atoms with Gasteiger partial charge in [-0.15, -0.1) is 0 Å². The quantitative estimate of drug-likeness (QED) is 0.726. The first-order valence-corrected chi connectivity index (χ1v) is 8.70. The van der Waals surface area contributed by atoms with Gasteiger partial charge in [0.15, 0.2) is 0 Å². The average molecular weight is 359 g/mol. The molecule has 1 heterocycles. The number of carbonyl (C=O) groups is 2. The Bertz CT molecular complexity index is 948. The topological polar surface area (TPSA) is 71.1 Å². The Morgan fingerprint density at radius 2 is 1.52 bits per heavy atom. The number of aryl methyl sites for hydroxylation is 2. The molecule has 27 heavy (non-hydrogen) atoms. The van der Waals surface area contributed by atoms with Crippen molar-refractivity contribution in [3.63, 3.8) is 0 Å². The summed E-state index contributed by atoms with van der Waals surface area (Å²) in [6.45, 7) is 4.23. The molecule has 2 aromatic carbocycles. The normalized spacial score (nSPS) is 10.3. The molecule has 2 N–H and O–H groups in total. The number of para-hydroxylation sites is 1. The third-order valence-electron chi connectivity index (χ3n) is 4.26. The fraction of sp³-hybridized carbons (Fsp3) is 0.136. The summed E-state index contributed by atoms with van der Waals surface area (Å²) in [5.41, 5.74) is 4.42. The lowest BCUT2D eigenvalue weighted by Crippen LogP contribution is -2.24. The van der Waals surface area contributed by atoms with Crippen molar-refractivity contribution in [3.8, 4) is 0 Å². The average Bonchev–Trinajstić information content (AvgIpc) is 2.70. The van der Waals surface area contributed by atoms with Gasteiger partial charge in [0.2, 0.25) is 0 Å². The van der Waals surface area contributed by atoms with E-state index in [0.29, 0.717) is 17.7 Å². The summed E-state index contributed by atoms with van der Waals surface area (Å²) in [6.07, 6.45) is 1.68. The summed E-state index contributed by atoms with van der Waals surface area (Å²) in [4.78, 5) is 29.2. The van der Waals surface area contributed by atoms with Crippen LogP contribution in [0.2, 0.25) is 0 Å². The van der Waals surface area contributed by atoms with Gasteiger partial charge in [0.1, 0.15) is 0 Å². The van der Waals surface area contributed by atoms with Gasteiger partial charge in [0.05, 0.1) is 12.2 Å². The first kappa shape index (κ1) is 18.3. The molecule has 3 aromatic rings. The molecule has 2 amide bonds. The lowest BCUT2D eigenvalue weighted by molar-refractivity contribution is 0.0950. The zero-order chi connectivity index (χ0) is 19.2. The van der Waals surface area contributed by atoms with Crippen LogP contribution in [0.4, 0.5) is 5.69 Å². The van der Waals surface area contributed by atoms with Crippen LogP contribution in [0.15, 0.2) is 66.9 Å². The monoisotopic (exact) mass is 359 g/mol. The summed E-state index contributed by atoms with van der Waals surface area (Å²) >= 11 is 0. The van der Waals surface area contributed by atoms with Gasteiger partial charge in [-0.25, -0.2) is 0 Å². The van der Waals surface area contributed by atoms with Crippen LogP contribution in [0.25, 0.3) is 0 Å². The SMILES string of the molecule is Cc1cccc(C)c1NC(=O)c1cccc(C(=O)NCc2ccccn2)c1. The number of hydrogen-bond donors (Lipinski definition) is 2. The number of rotatable bonds is 5. The van der Waals surface area contributed by atoms with Crippen LogP contribution < -0.4 is 10.6 Å². The predicted octanol–water partition coefficient (Wildman–Crippen LogP) is 3.88. The van der Waals surface area contributed by atoms with Gasteiger partial charge < -0.3 is 10.6 Å². The number of anilines is 1. The van der Waals surface area contributed by atoms with E-state index in [2.05, 4.69) is 15.6 Å². The van der Waals surface area contributed by atoms with Crippen molar-refractivity contribution < 1.29 is 9.59 Å². The molecule has 5 heteroatoms. The third kappa shape index (κ3) is 4.58. The Balaban J connectivity index is 1.71. The number of aromatic nitrogens is 1. The third-order valence-corrected chi connectivity index (χ3v) is 4.26. The fourth-order valence-corrected chi connectivity index (χ4v) is 2.77. The molecule has 5 nitrogen and oxygen atoms in total. The van der Waals surface area contributed by atoms with Crippen molar-refractivity contribution in [2.24, 2.45) is 0 Å². The highest BCUT2D eigenvalue weighted by Gasteiger charge is 2.12. The first-order valence-electron chi connectivity index (χ1n) is 8.70. The minimum absolute atomic E-state index is 0.244. The van der Waals surface area contributed by atoms with Crippen LogP contribution in [0.5, 0.6) is 0 Å². The van der Waals surface area contributed by atoms with Gasteiger partial charge in [-0.3, -0.25) is 14.6 Å². The molecule has 0 saturated carbocycles. The van der Waals surface area contributed by atoms with Crippen LogP contribution in [-0.2, 0) is 6.54 Å². The fourth-order valence-electron chi connectivity index (χ4n) is 2.77. The standard InChI is InChI=1S/C22H21N3O2/c1-15-7-5-8-16(2)20(15)25-22(27)18-10-6-9-17(13-18)21(26)24-14-19-11-3-4-12-23-19/h3-13H,14H2,1-2H3,(H,24,26)(H,25,27). The Morgan fingerprint density at radius 3 is 2.19 bits per heavy atom. The Kier molecular flexibility index (Phi) is 5.61. The molecule has 1 aromatic heterocycles. The van der Waals surface area contributed by atoms with Gasteiger partial charge in [0, 0.05) is 23.0 Å². The number of nitrogens with one attached hydrogen (secondary N) is 2. The molecule has 0 radical (unpaired) electrons. The molecule has 0 aliphatic carbocycles. The summed E-state index contributed by atoms with van der Waals surface area (Å²) in [5.74, 6) is -0.492. The molecule has 0 aliphatic rings. The maximum atomic E-state index is 12.6. The van der Waals surface area contributed by atoms with E-state index in [1.54, 1.807) is 30.5 Å². The zero-order valence-electron chi connectivity index (χ0n) is 15.3. The van der Waals surface area contributed by atoms with Crippen LogP contribution in [0.3, 0.4) is 0 Å². The van der Waals surface area contributed by atoms with Crippen LogP contribution in [0.1, 0.15) is 37.5 Å². The summed E-state index contributed by atoms with van der Waals surface area (Å²) in [6, 6.07) is 18.1. The van der Waals surface area contributed by atoms with Crippen LogP contribution in [-0.4, -0.2) is 16.8 Å². The summed E-state index contributed by atoms with van der Waals surface area (Å²) < 4.78 is 0. The van der Waals surface area contributed by atoms with Crippen LogP contribution in [0, 0.1) is 13.8 Å². The van der Waals surface area contributed by atoms with Crippen molar-refractivity contribution in [2.45, 2.75) is 20.4 Å². The summed E-state index contributed by atoms with van der Waals surface area (Å²) in [5, 5.41) is 5.75. The predicted molar refractivity (Wildman–Crippen MR) is 106 cm³/mol. The molecule has 0 bridgehead atoms. The molecule has 0 fully saturated rings. The van der Waals surface area contributed by atoms with Crippen LogP contribution >= 0.6 is 0 Å². The minimum Gasteiger partial charge on any atom is -0.346 e. The second kappa shape index (κ2) is 8.27. The van der Waals surface area contributed by atoms with E-state index >= 15 is 0 Å². The molecule has 0 unspecified atom stereocenters. The van der Waals surface area contributed by atoms with E-state index < -0.39 is 0 Å². The van der Waals surface area contributed by atoms with Gasteiger partial charge in [-0.05, 0) is 55.3 Å². The highest BCUT2D eigenvalue weighted by Crippen LogP contribution is 2.20. The number of nitrogens with zero attached hydrogens (tertiary/aromatic N) is 1. The van der Waals surface area contributed by atoms with E-state index in [1.807, 2.05) is 50.2 Å². The first-order chi connectivity index (χ1) is 13.0. The summed E-state index contributed by atoms with van der Waals surface area (Å²) in [7, 11) is 0. The van der Waals surface area contributed by atoms with Crippen molar-refractivity contribution in [2.75, 3.05) is 5.32 Å². The molecule has 0 atom stereocenters. The van der Waals surface area contributed by atoms with Crippen molar-refractivity contribution >= 4 is 17.5 Å². The molecular weight excluding hydrogens is 338 g/mol. The lowest BCUT2D eigenvalue weighted by atomic mass is 10.1. The number of carbonyl (C=O) groups excluding carboxylic acids is 2. The lowest BCUT2D eigenvalue weighted by Gasteiger charge is -2.12. The van der Waals surface area contributed by atoms with Gasteiger partial charge in [-0.1, -0.05) is 30.3 Å². The van der Waals surface area contributed by atoms with E-state index in [0.717, 1.165) is 22.5 Å². The van der Waals surface area contributed by atoms with Gasteiger partial charge in [-0.2, -0.15) is 0 Å². The van der Waals surface area contributed by atoms with E-state index in [9.17, 15) is 9.59 Å². The Labute approximate surface area is 158 Å². The maximum absolute atomic E-state index is 12.6. The number of hydrogen-bond acceptors (Lipinski definition) is 3. The zero-order valence-corrected chi connectivity index (χ0v) is 15.3. The molecule has 136 valence electrons. The second-order valence-corrected chi connectivity index (χ2v) is 6.31. The molecular formula is C22H21N3O2. The Morgan fingerprint density at radius 1 is 0.852 bits per heavy atom. The van der Waals surface area contributed by atoms with E-state index in [-0.39, 0.29) is 11.8 Å². The van der Waals surface area contributed by atoms with Crippen molar-refractivity contribution in [3.05, 3.63) is 94.8 Å². The highest BCUT2D eigenvalue weighted by atomic mass is 16.2. The molecule has 0 spiro atoms. The van der Waals surface area contributed by atoms with E-state index in [4.69, 9.17) is 0 Å². The Hall–Kier alpha value is -3.47. The maximum Gasteiger partial charge on any atom is 0.255 e. The number of amides is 2. The number of benzene rings is 2. The van der Waals surface area contributed by atoms with Gasteiger partial charge >= 0.3 is 0 Å². The largest absolute Gasteiger partial charge is 0.346 e. The smallest absolute Gasteiger partial charge is 0.255 e. The molecule has 0 saturated heterocycles. The van der Waals surface area contributed by atoms with Crippen molar-refractivity contribution in [1.82, 2.24) is 10.3 Å². The number of pyridine rings is 1.